The fourth-order valence-corrected chi connectivity index (χ4v) is 1.48. The number of nitrogens with zero attached hydrogens (tertiary/aromatic N) is 1. The van der Waals surface area contributed by atoms with Crippen molar-refractivity contribution in [3.05, 3.63) is 29.3 Å². The summed E-state index contributed by atoms with van der Waals surface area (Å²) in [5.74, 6) is -0.00914. The van der Waals surface area contributed by atoms with Crippen LogP contribution in [0.4, 0.5) is 0 Å². The van der Waals surface area contributed by atoms with Crippen LogP contribution in [0.5, 0.6) is 5.75 Å². The normalized spacial score (nSPS) is 13.9. The van der Waals surface area contributed by atoms with Gasteiger partial charge in [-0.2, -0.15) is 5.06 Å². The van der Waals surface area contributed by atoms with E-state index >= 15 is 0 Å². The molecule has 0 aliphatic carbocycles. The molecule has 0 saturated carbocycles. The van der Waals surface area contributed by atoms with Crippen LogP contribution in [0.1, 0.15) is 38.0 Å². The fourth-order valence-electron chi connectivity index (χ4n) is 1.48. The Hall–Kier alpha value is -1.14. The molecule has 5 nitrogen and oxygen atoms in total. The van der Waals surface area contributed by atoms with Gasteiger partial charge in [0.1, 0.15) is 5.75 Å². The van der Waals surface area contributed by atoms with Gasteiger partial charge in [-0.1, -0.05) is 6.07 Å². The minimum Gasteiger partial charge on any atom is -0.508 e. The van der Waals surface area contributed by atoms with Gasteiger partial charge in [0.15, 0.2) is 0 Å². The van der Waals surface area contributed by atoms with Crippen LogP contribution in [0.25, 0.3) is 0 Å². The highest BCUT2D eigenvalue weighted by Crippen LogP contribution is 2.24. The molecule has 5 heteroatoms. The van der Waals surface area contributed by atoms with Crippen LogP contribution in [-0.2, 0) is 6.61 Å². The molecule has 1 rings (SSSR count). The van der Waals surface area contributed by atoms with E-state index in [-0.39, 0.29) is 18.9 Å². The van der Waals surface area contributed by atoms with Crippen molar-refractivity contribution in [1.82, 2.24) is 5.06 Å². The summed E-state index contributed by atoms with van der Waals surface area (Å²) >= 11 is 0. The largest absolute Gasteiger partial charge is 0.508 e. The number of aromatic hydroxyl groups is 1. The Morgan fingerprint density at radius 3 is 2.39 bits per heavy atom. The quantitative estimate of drug-likeness (QED) is 0.611. The van der Waals surface area contributed by atoms with Gasteiger partial charge in [0.25, 0.3) is 0 Å². The van der Waals surface area contributed by atoms with Crippen molar-refractivity contribution < 1.29 is 20.5 Å². The number of aliphatic hydroxyl groups excluding tert-OH is 2. The molecule has 102 valence electrons. The summed E-state index contributed by atoms with van der Waals surface area (Å²) in [5.41, 5.74) is 0.435. The summed E-state index contributed by atoms with van der Waals surface area (Å²) in [6, 6.07) is 4.51. The number of rotatable bonds is 4. The lowest BCUT2D eigenvalue weighted by molar-refractivity contribution is -0.172. The predicted molar refractivity (Wildman–Crippen MR) is 67.2 cm³/mol. The number of benzene rings is 1. The van der Waals surface area contributed by atoms with Gasteiger partial charge in [-0.15, -0.1) is 0 Å². The zero-order valence-electron chi connectivity index (χ0n) is 11.0. The molecule has 1 aromatic carbocycles. The Bertz CT molecular complexity index is 400. The van der Waals surface area contributed by atoms with Crippen LogP contribution in [0.3, 0.4) is 0 Å². The van der Waals surface area contributed by atoms with Crippen molar-refractivity contribution >= 4 is 0 Å². The van der Waals surface area contributed by atoms with Crippen LogP contribution in [-0.4, -0.2) is 37.7 Å². The molecule has 0 radical (unpaired) electrons. The number of hydroxylamine groups is 2. The maximum atomic E-state index is 10.0. The Kier molecular flexibility index (Phi) is 4.70. The SMILES string of the molecule is CC(C)(C)N(O)CC(O)c1ccc(O)c(CO)c1. The molecular formula is C13H21NO4. The van der Waals surface area contributed by atoms with Gasteiger partial charge in [0.2, 0.25) is 0 Å². The average Bonchev–Trinajstić information content (AvgIpc) is 2.28. The summed E-state index contributed by atoms with van der Waals surface area (Å²) in [6.45, 7) is 5.24. The lowest BCUT2D eigenvalue weighted by atomic mass is 10.0. The van der Waals surface area contributed by atoms with Gasteiger partial charge in [0.05, 0.1) is 19.3 Å². The first-order chi connectivity index (χ1) is 8.25. The molecule has 4 N–H and O–H groups in total. The third kappa shape index (κ3) is 3.68. The number of β-amino-alcohol motifs (C(OH)–C–C–N with tert-alkyl or cyclic N) is 1. The van der Waals surface area contributed by atoms with Crippen LogP contribution in [0.2, 0.25) is 0 Å². The standard InChI is InChI=1S/C13H21NO4/c1-13(2,3)14(18)7-12(17)9-4-5-11(16)10(6-9)8-15/h4-6,12,15-18H,7-8H2,1-3H3. The van der Waals surface area contributed by atoms with Crippen LogP contribution in [0, 0.1) is 0 Å². The molecule has 0 spiro atoms. The predicted octanol–water partition coefficient (Wildman–Crippen LogP) is 1.41. The zero-order chi connectivity index (χ0) is 13.9. The van der Waals surface area contributed by atoms with Gasteiger partial charge in [-0.05, 0) is 38.5 Å². The Labute approximate surface area is 107 Å². The number of phenols is 1. The summed E-state index contributed by atoms with van der Waals surface area (Å²) in [6.07, 6.45) is -0.889. The zero-order valence-corrected chi connectivity index (χ0v) is 11.0. The van der Waals surface area contributed by atoms with Crippen molar-refractivity contribution in [2.45, 2.75) is 39.0 Å². The number of aliphatic hydroxyl groups is 2. The lowest BCUT2D eigenvalue weighted by Gasteiger charge is -2.31. The van der Waals surface area contributed by atoms with E-state index in [0.717, 1.165) is 5.06 Å². The Balaban J connectivity index is 2.81. The molecule has 1 unspecified atom stereocenters. The third-order valence-electron chi connectivity index (χ3n) is 2.78. The summed E-state index contributed by atoms with van der Waals surface area (Å²) in [4.78, 5) is 0. The molecule has 1 atom stereocenters. The van der Waals surface area contributed by atoms with E-state index in [2.05, 4.69) is 0 Å². The van der Waals surface area contributed by atoms with E-state index < -0.39 is 11.6 Å². The number of hydrogen-bond acceptors (Lipinski definition) is 5. The van der Waals surface area contributed by atoms with E-state index in [0.29, 0.717) is 11.1 Å². The molecular weight excluding hydrogens is 234 g/mol. The maximum Gasteiger partial charge on any atom is 0.121 e. The van der Waals surface area contributed by atoms with E-state index in [9.17, 15) is 15.4 Å². The highest BCUT2D eigenvalue weighted by atomic mass is 16.5. The molecule has 0 fully saturated rings. The van der Waals surface area contributed by atoms with E-state index in [1.54, 1.807) is 6.07 Å². The van der Waals surface area contributed by atoms with Gasteiger partial charge in [0, 0.05) is 11.1 Å². The monoisotopic (exact) mass is 255 g/mol. The van der Waals surface area contributed by atoms with Crippen molar-refractivity contribution in [1.29, 1.82) is 0 Å². The molecule has 1 aromatic rings. The van der Waals surface area contributed by atoms with Gasteiger partial charge in [-0.3, -0.25) is 0 Å². The summed E-state index contributed by atoms with van der Waals surface area (Å²) in [5, 5.41) is 39.3. The van der Waals surface area contributed by atoms with E-state index in [1.165, 1.54) is 12.1 Å². The molecule has 0 aromatic heterocycles. The average molecular weight is 255 g/mol. The molecule has 0 aliphatic rings. The molecule has 0 saturated heterocycles. The van der Waals surface area contributed by atoms with Gasteiger partial charge >= 0.3 is 0 Å². The van der Waals surface area contributed by atoms with Gasteiger partial charge in [-0.25, -0.2) is 0 Å². The van der Waals surface area contributed by atoms with Crippen molar-refractivity contribution in [2.24, 2.45) is 0 Å². The van der Waals surface area contributed by atoms with E-state index in [4.69, 9.17) is 5.11 Å². The molecule has 18 heavy (non-hydrogen) atoms. The van der Waals surface area contributed by atoms with Crippen LogP contribution < -0.4 is 0 Å². The topological polar surface area (TPSA) is 84.2 Å². The molecule has 0 heterocycles. The number of hydrogen-bond donors (Lipinski definition) is 4. The molecule has 0 amide bonds. The second-order valence-corrected chi connectivity index (χ2v) is 5.31. The van der Waals surface area contributed by atoms with Crippen molar-refractivity contribution in [3.8, 4) is 5.75 Å². The summed E-state index contributed by atoms with van der Waals surface area (Å²) in [7, 11) is 0. The minimum absolute atomic E-state index is 0.00914. The van der Waals surface area contributed by atoms with Crippen LogP contribution in [0.15, 0.2) is 18.2 Å². The highest BCUT2D eigenvalue weighted by Gasteiger charge is 2.23. The molecule has 0 aliphatic heterocycles. The maximum absolute atomic E-state index is 10.0. The van der Waals surface area contributed by atoms with Crippen LogP contribution >= 0.6 is 0 Å². The smallest absolute Gasteiger partial charge is 0.121 e. The second kappa shape index (κ2) is 5.67. The molecule has 0 bridgehead atoms. The first-order valence-corrected chi connectivity index (χ1v) is 5.83. The third-order valence-corrected chi connectivity index (χ3v) is 2.78. The Morgan fingerprint density at radius 2 is 1.89 bits per heavy atom. The summed E-state index contributed by atoms with van der Waals surface area (Å²) < 4.78 is 0. The minimum atomic E-state index is -0.889. The van der Waals surface area contributed by atoms with E-state index in [1.807, 2.05) is 20.8 Å². The van der Waals surface area contributed by atoms with Crippen molar-refractivity contribution in [2.75, 3.05) is 6.54 Å². The first-order valence-electron chi connectivity index (χ1n) is 5.83. The Morgan fingerprint density at radius 1 is 1.28 bits per heavy atom. The first kappa shape index (κ1) is 14.9. The van der Waals surface area contributed by atoms with Gasteiger partial charge < -0.3 is 20.5 Å². The fraction of sp³-hybridized carbons (Fsp3) is 0.538. The highest BCUT2D eigenvalue weighted by molar-refractivity contribution is 5.36. The lowest BCUT2D eigenvalue weighted by Crippen LogP contribution is -2.41. The van der Waals surface area contributed by atoms with Crippen molar-refractivity contribution in [3.63, 3.8) is 0 Å². The second-order valence-electron chi connectivity index (χ2n) is 5.31.